The normalized spacial score (nSPS) is 20.4. The van der Waals surface area contributed by atoms with E-state index in [0.29, 0.717) is 23.9 Å². The predicted molar refractivity (Wildman–Crippen MR) is 103 cm³/mol. The number of anilines is 2. The van der Waals surface area contributed by atoms with E-state index < -0.39 is 0 Å². The quantitative estimate of drug-likeness (QED) is 0.767. The third-order valence-electron chi connectivity index (χ3n) is 5.04. The van der Waals surface area contributed by atoms with Crippen LogP contribution in [0.4, 0.5) is 11.4 Å². The zero-order valence-electron chi connectivity index (χ0n) is 14.9. The van der Waals surface area contributed by atoms with Crippen LogP contribution >= 0.6 is 0 Å². The average Bonchev–Trinajstić information content (AvgIpc) is 2.61. The minimum absolute atomic E-state index is 0.469. The summed E-state index contributed by atoms with van der Waals surface area (Å²) >= 11 is 0. The Morgan fingerprint density at radius 1 is 0.920 bits per heavy atom. The van der Waals surface area contributed by atoms with Crippen molar-refractivity contribution in [2.24, 2.45) is 5.92 Å². The van der Waals surface area contributed by atoms with E-state index in [2.05, 4.69) is 24.3 Å². The molecule has 0 bridgehead atoms. The Bertz CT molecular complexity index is 657. The highest BCUT2D eigenvalue weighted by Crippen LogP contribution is 2.36. The van der Waals surface area contributed by atoms with Crippen molar-refractivity contribution in [3.63, 3.8) is 0 Å². The van der Waals surface area contributed by atoms with Gasteiger partial charge in [0.1, 0.15) is 12.4 Å². The number of nitrogen functional groups attached to an aromatic ring is 2. The molecule has 1 aliphatic rings. The molecule has 4 N–H and O–H groups in total. The van der Waals surface area contributed by atoms with E-state index in [1.165, 1.54) is 31.2 Å². The van der Waals surface area contributed by atoms with Crippen LogP contribution in [0.2, 0.25) is 0 Å². The molecular weight excluding hydrogens is 312 g/mol. The van der Waals surface area contributed by atoms with Gasteiger partial charge in [-0.25, -0.2) is 0 Å². The number of hydrogen-bond donors (Lipinski definition) is 2. The van der Waals surface area contributed by atoms with Gasteiger partial charge in [-0.05, 0) is 79.0 Å². The van der Waals surface area contributed by atoms with Crippen LogP contribution in [-0.2, 0) is 11.3 Å². The third kappa shape index (κ3) is 4.89. The first kappa shape index (κ1) is 17.6. The minimum Gasteiger partial charge on any atom is -0.489 e. The minimum atomic E-state index is 0.469. The standard InChI is InChI=1S/C21H28N2O2/c1-24-13-15-2-4-17(5-3-15)18-6-8-21(9-7-18)25-14-16-10-19(22)12-20(23)11-16/h6-12,15,17H,2-5,13-14,22-23H2,1H3. The van der Waals surface area contributed by atoms with Crippen LogP contribution in [0, 0.1) is 5.92 Å². The van der Waals surface area contributed by atoms with Crippen molar-refractivity contribution >= 4 is 11.4 Å². The molecule has 0 spiro atoms. The molecule has 1 saturated carbocycles. The summed E-state index contributed by atoms with van der Waals surface area (Å²) in [6, 6.07) is 14.1. The van der Waals surface area contributed by atoms with Crippen LogP contribution in [0.5, 0.6) is 5.75 Å². The molecule has 2 aromatic rings. The summed E-state index contributed by atoms with van der Waals surface area (Å²) in [5.74, 6) is 2.27. The van der Waals surface area contributed by atoms with Crippen molar-refractivity contribution in [1.82, 2.24) is 0 Å². The first-order valence-electron chi connectivity index (χ1n) is 9.00. The van der Waals surface area contributed by atoms with Gasteiger partial charge in [0.05, 0.1) is 0 Å². The molecule has 3 rings (SSSR count). The number of nitrogens with two attached hydrogens (primary N) is 2. The van der Waals surface area contributed by atoms with E-state index in [9.17, 15) is 0 Å². The number of rotatable bonds is 6. The van der Waals surface area contributed by atoms with E-state index in [0.717, 1.165) is 23.8 Å². The molecule has 2 aromatic carbocycles. The van der Waals surface area contributed by atoms with Crippen LogP contribution in [0.25, 0.3) is 0 Å². The lowest BCUT2D eigenvalue weighted by Crippen LogP contribution is -2.17. The number of benzene rings is 2. The lowest BCUT2D eigenvalue weighted by atomic mass is 9.79. The summed E-state index contributed by atoms with van der Waals surface area (Å²) < 4.78 is 11.1. The van der Waals surface area contributed by atoms with Crippen LogP contribution in [0.15, 0.2) is 42.5 Å². The highest BCUT2D eigenvalue weighted by molar-refractivity contribution is 5.54. The molecule has 0 atom stereocenters. The Kier molecular flexibility index (Phi) is 5.82. The predicted octanol–water partition coefficient (Wildman–Crippen LogP) is 4.35. The molecule has 0 radical (unpaired) electrons. The van der Waals surface area contributed by atoms with Crippen LogP contribution in [-0.4, -0.2) is 13.7 Å². The number of methoxy groups -OCH3 is 1. The molecule has 25 heavy (non-hydrogen) atoms. The lowest BCUT2D eigenvalue weighted by molar-refractivity contribution is 0.127. The Morgan fingerprint density at radius 3 is 2.16 bits per heavy atom. The fraction of sp³-hybridized carbons (Fsp3) is 0.429. The van der Waals surface area contributed by atoms with Gasteiger partial charge in [-0.2, -0.15) is 0 Å². The van der Waals surface area contributed by atoms with E-state index in [1.807, 2.05) is 12.1 Å². The summed E-state index contributed by atoms with van der Waals surface area (Å²) in [6.45, 7) is 1.37. The molecule has 0 heterocycles. The van der Waals surface area contributed by atoms with Gasteiger partial charge in [0, 0.05) is 25.1 Å². The maximum atomic E-state index is 5.87. The summed E-state index contributed by atoms with van der Waals surface area (Å²) in [5.41, 5.74) is 15.4. The molecule has 0 amide bonds. The smallest absolute Gasteiger partial charge is 0.119 e. The van der Waals surface area contributed by atoms with Crippen LogP contribution < -0.4 is 16.2 Å². The average molecular weight is 340 g/mol. The summed E-state index contributed by atoms with van der Waals surface area (Å²) in [7, 11) is 1.79. The second-order valence-corrected chi connectivity index (χ2v) is 7.04. The Labute approximate surface area is 150 Å². The van der Waals surface area contributed by atoms with Gasteiger partial charge in [0.25, 0.3) is 0 Å². The molecule has 4 nitrogen and oxygen atoms in total. The Balaban J connectivity index is 1.54. The lowest BCUT2D eigenvalue weighted by Gasteiger charge is -2.28. The van der Waals surface area contributed by atoms with E-state index in [-0.39, 0.29) is 0 Å². The maximum Gasteiger partial charge on any atom is 0.119 e. The molecule has 0 unspecified atom stereocenters. The highest BCUT2D eigenvalue weighted by Gasteiger charge is 2.22. The zero-order valence-corrected chi connectivity index (χ0v) is 14.9. The Morgan fingerprint density at radius 2 is 1.56 bits per heavy atom. The monoisotopic (exact) mass is 340 g/mol. The molecular formula is C21H28N2O2. The van der Waals surface area contributed by atoms with Gasteiger partial charge in [-0.15, -0.1) is 0 Å². The molecule has 4 heteroatoms. The highest BCUT2D eigenvalue weighted by atomic mass is 16.5. The van der Waals surface area contributed by atoms with Gasteiger partial charge in [-0.3, -0.25) is 0 Å². The fourth-order valence-electron chi connectivity index (χ4n) is 3.73. The third-order valence-corrected chi connectivity index (χ3v) is 5.04. The second kappa shape index (κ2) is 8.26. The molecule has 0 aromatic heterocycles. The van der Waals surface area contributed by atoms with Gasteiger partial charge in [0.15, 0.2) is 0 Å². The molecule has 134 valence electrons. The van der Waals surface area contributed by atoms with Crippen molar-refractivity contribution in [3.8, 4) is 5.75 Å². The molecule has 1 fully saturated rings. The van der Waals surface area contributed by atoms with Gasteiger partial charge in [0.2, 0.25) is 0 Å². The van der Waals surface area contributed by atoms with E-state index in [4.69, 9.17) is 20.9 Å². The first-order valence-corrected chi connectivity index (χ1v) is 9.00. The number of ether oxygens (including phenoxy) is 2. The van der Waals surface area contributed by atoms with Crippen molar-refractivity contribution in [3.05, 3.63) is 53.6 Å². The van der Waals surface area contributed by atoms with Gasteiger partial charge in [-0.1, -0.05) is 12.1 Å². The molecule has 1 aliphatic carbocycles. The van der Waals surface area contributed by atoms with Crippen molar-refractivity contribution < 1.29 is 9.47 Å². The fourth-order valence-corrected chi connectivity index (χ4v) is 3.73. The van der Waals surface area contributed by atoms with Crippen LogP contribution in [0.3, 0.4) is 0 Å². The van der Waals surface area contributed by atoms with Crippen molar-refractivity contribution in [2.75, 3.05) is 25.2 Å². The topological polar surface area (TPSA) is 70.5 Å². The first-order chi connectivity index (χ1) is 12.1. The zero-order chi connectivity index (χ0) is 17.6. The van der Waals surface area contributed by atoms with Gasteiger partial charge >= 0.3 is 0 Å². The van der Waals surface area contributed by atoms with Gasteiger partial charge < -0.3 is 20.9 Å². The Hall–Kier alpha value is -2.20. The number of hydrogen-bond acceptors (Lipinski definition) is 4. The maximum absolute atomic E-state index is 5.87. The van der Waals surface area contributed by atoms with Crippen molar-refractivity contribution in [2.45, 2.75) is 38.2 Å². The van der Waals surface area contributed by atoms with E-state index in [1.54, 1.807) is 13.2 Å². The molecule has 0 saturated heterocycles. The van der Waals surface area contributed by atoms with E-state index >= 15 is 0 Å². The molecule has 0 aliphatic heterocycles. The largest absolute Gasteiger partial charge is 0.489 e. The van der Waals surface area contributed by atoms with Crippen LogP contribution in [0.1, 0.15) is 42.7 Å². The summed E-state index contributed by atoms with van der Waals surface area (Å²) in [4.78, 5) is 0. The second-order valence-electron chi connectivity index (χ2n) is 7.04. The summed E-state index contributed by atoms with van der Waals surface area (Å²) in [5, 5.41) is 0. The van der Waals surface area contributed by atoms with Crippen molar-refractivity contribution in [1.29, 1.82) is 0 Å². The SMILES string of the molecule is COCC1CCC(c2ccc(OCc3cc(N)cc(N)c3)cc2)CC1. The summed E-state index contributed by atoms with van der Waals surface area (Å²) in [6.07, 6.45) is 5.01.